The molecule has 1 saturated carbocycles. The molecule has 5 atom stereocenters. The molecule has 4 aromatic carbocycles. The van der Waals surface area contributed by atoms with Crippen LogP contribution in [-0.2, 0) is 19.7 Å². The van der Waals surface area contributed by atoms with Crippen molar-refractivity contribution < 1.29 is 31.9 Å². The van der Waals surface area contributed by atoms with Crippen LogP contribution in [0.25, 0.3) is 0 Å². The number of rotatable bonds is 8. The number of cyclic esters (lactones) is 1. The molecule has 7 rings (SSSR count). The first kappa shape index (κ1) is 33.6. The van der Waals surface area contributed by atoms with Gasteiger partial charge in [-0.1, -0.05) is 89.9 Å². The fourth-order valence-electron chi connectivity index (χ4n) is 9.01. The highest BCUT2D eigenvalue weighted by Crippen LogP contribution is 2.73. The number of ether oxygens (including phenoxy) is 1. The summed E-state index contributed by atoms with van der Waals surface area (Å²) in [5.74, 6) is -4.17. The SMILES string of the molecule is CNc1cc(Cl)ccc1[C@@]1(C=O)[C@@H](c2cc(F)cc(Cl)c2F)[C@@H]2C(=O)O[C@@H](c3ccccc3)[C@@H](c3ccccc3)N2C12CC(CF)(CF)C2. The zero-order chi connectivity index (χ0) is 34.7. The lowest BCUT2D eigenvalue weighted by Crippen LogP contribution is -2.71. The van der Waals surface area contributed by atoms with Crippen LogP contribution in [0.3, 0.4) is 0 Å². The molecular formula is C38H32Cl2F4N2O3. The van der Waals surface area contributed by atoms with Gasteiger partial charge in [0.25, 0.3) is 0 Å². The molecule has 1 aliphatic carbocycles. The topological polar surface area (TPSA) is 58.6 Å². The molecule has 3 fully saturated rings. The Morgan fingerprint density at radius 1 is 0.898 bits per heavy atom. The van der Waals surface area contributed by atoms with Crippen LogP contribution in [0.15, 0.2) is 91.0 Å². The number of hydrogen-bond donors (Lipinski definition) is 1. The van der Waals surface area contributed by atoms with E-state index in [1.807, 2.05) is 41.3 Å². The van der Waals surface area contributed by atoms with Gasteiger partial charge in [-0.15, -0.1) is 0 Å². The smallest absolute Gasteiger partial charge is 0.324 e. The predicted molar refractivity (Wildman–Crippen MR) is 179 cm³/mol. The highest BCUT2D eigenvalue weighted by molar-refractivity contribution is 6.31. The Hall–Kier alpha value is -3.92. The highest BCUT2D eigenvalue weighted by atomic mass is 35.5. The maximum Gasteiger partial charge on any atom is 0.324 e. The molecule has 254 valence electrons. The van der Waals surface area contributed by atoms with Crippen molar-refractivity contribution in [3.63, 3.8) is 0 Å². The van der Waals surface area contributed by atoms with Crippen LogP contribution < -0.4 is 5.32 Å². The van der Waals surface area contributed by atoms with Crippen LogP contribution in [0.5, 0.6) is 0 Å². The second kappa shape index (κ2) is 12.4. The van der Waals surface area contributed by atoms with E-state index < -0.39 is 76.5 Å². The number of morpholine rings is 1. The molecule has 0 bridgehead atoms. The lowest BCUT2D eigenvalue weighted by Gasteiger charge is -2.64. The zero-order valence-corrected chi connectivity index (χ0v) is 27.8. The minimum Gasteiger partial charge on any atom is -0.454 e. The molecule has 4 aromatic rings. The third-order valence-electron chi connectivity index (χ3n) is 10.9. The predicted octanol–water partition coefficient (Wildman–Crippen LogP) is 8.72. The summed E-state index contributed by atoms with van der Waals surface area (Å²) < 4.78 is 67.9. The van der Waals surface area contributed by atoms with E-state index in [0.717, 1.165) is 12.1 Å². The van der Waals surface area contributed by atoms with Gasteiger partial charge in [0.2, 0.25) is 0 Å². The van der Waals surface area contributed by atoms with Crippen molar-refractivity contribution in [1.82, 2.24) is 4.90 Å². The van der Waals surface area contributed by atoms with Gasteiger partial charge in [0.05, 0.1) is 29.8 Å². The molecule has 2 aliphatic heterocycles. The Balaban J connectivity index is 1.62. The van der Waals surface area contributed by atoms with E-state index in [9.17, 15) is 18.4 Å². The van der Waals surface area contributed by atoms with Crippen LogP contribution in [-0.4, -0.2) is 49.1 Å². The number of nitrogens with one attached hydrogen (secondary N) is 1. The molecular weight excluding hydrogens is 679 g/mol. The van der Waals surface area contributed by atoms with Gasteiger partial charge in [-0.2, -0.15) is 0 Å². The van der Waals surface area contributed by atoms with Gasteiger partial charge in [0, 0.05) is 34.6 Å². The average Bonchev–Trinajstić information content (AvgIpc) is 3.37. The molecule has 1 spiro atoms. The average molecular weight is 712 g/mol. The number of benzene rings is 4. The summed E-state index contributed by atoms with van der Waals surface area (Å²) in [6.45, 7) is -2.07. The lowest BCUT2D eigenvalue weighted by atomic mass is 9.45. The number of aldehydes is 1. The molecule has 1 N–H and O–H groups in total. The minimum absolute atomic E-state index is 0.215. The Morgan fingerprint density at radius 3 is 2.12 bits per heavy atom. The summed E-state index contributed by atoms with van der Waals surface area (Å²) >= 11 is 12.7. The van der Waals surface area contributed by atoms with Crippen LogP contribution in [0, 0.1) is 17.0 Å². The van der Waals surface area contributed by atoms with Gasteiger partial charge >= 0.3 is 5.97 Å². The number of carbonyl (C=O) groups excluding carboxylic acids is 2. The Labute approximate surface area is 291 Å². The van der Waals surface area contributed by atoms with E-state index in [4.69, 9.17) is 27.9 Å². The minimum atomic E-state index is -1.91. The molecule has 0 aromatic heterocycles. The van der Waals surface area contributed by atoms with Crippen LogP contribution in [0.2, 0.25) is 10.0 Å². The van der Waals surface area contributed by atoms with Crippen molar-refractivity contribution >= 4 is 41.1 Å². The number of hydrogen-bond acceptors (Lipinski definition) is 5. The molecule has 0 amide bonds. The second-order valence-corrected chi connectivity index (χ2v) is 14.2. The van der Waals surface area contributed by atoms with Gasteiger partial charge < -0.3 is 14.8 Å². The Bertz CT molecular complexity index is 1900. The third kappa shape index (κ3) is 4.83. The molecule has 0 unspecified atom stereocenters. The Kier molecular flexibility index (Phi) is 8.53. The first-order chi connectivity index (χ1) is 23.6. The van der Waals surface area contributed by atoms with Gasteiger partial charge in [-0.25, -0.2) is 8.78 Å². The number of alkyl halides is 2. The monoisotopic (exact) mass is 710 g/mol. The number of halogens is 6. The molecule has 2 heterocycles. The van der Waals surface area contributed by atoms with Crippen molar-refractivity contribution in [1.29, 1.82) is 0 Å². The summed E-state index contributed by atoms with van der Waals surface area (Å²) in [7, 11) is 1.61. The summed E-state index contributed by atoms with van der Waals surface area (Å²) in [4.78, 5) is 30.8. The maximum atomic E-state index is 16.4. The van der Waals surface area contributed by atoms with E-state index in [1.54, 1.807) is 49.5 Å². The van der Waals surface area contributed by atoms with E-state index in [2.05, 4.69) is 5.32 Å². The number of fused-ring (bicyclic) bond motifs is 2. The quantitative estimate of drug-likeness (QED) is 0.0858. The summed E-state index contributed by atoms with van der Waals surface area (Å²) in [5, 5.41) is 2.84. The van der Waals surface area contributed by atoms with Crippen LogP contribution in [0.1, 0.15) is 53.2 Å². The standard InChI is InChI=1S/C38H32Cl2F4N2O3/c1-45-29-14-24(39)12-13-27(29)38(21-47)30(26-15-25(43)16-28(40)31(26)44)33-35(48)49-34(23-10-6-3-7-11-23)32(22-8-4-2-5-9-22)46(33)37(38)17-36(18-37,19-41)20-42/h2-16,21,30,32-34,45H,17-20H2,1H3/t30-,32+,33+,34-,38-/m0/s1. The van der Waals surface area contributed by atoms with Gasteiger partial charge in [0.15, 0.2) is 0 Å². The normalized spacial score (nSPS) is 26.9. The molecule has 2 saturated heterocycles. The summed E-state index contributed by atoms with van der Waals surface area (Å²) in [6.07, 6.45) is -0.736. The van der Waals surface area contributed by atoms with E-state index >= 15 is 8.78 Å². The second-order valence-electron chi connectivity index (χ2n) is 13.3. The number of nitrogens with zero attached hydrogens (tertiary/aromatic N) is 1. The van der Waals surface area contributed by atoms with Gasteiger partial charge in [0.1, 0.15) is 30.1 Å². The van der Waals surface area contributed by atoms with Crippen molar-refractivity contribution in [2.45, 2.75) is 47.9 Å². The lowest BCUT2D eigenvalue weighted by molar-refractivity contribution is -0.200. The van der Waals surface area contributed by atoms with E-state index in [-0.39, 0.29) is 18.4 Å². The number of anilines is 1. The largest absolute Gasteiger partial charge is 0.454 e. The number of esters is 1. The first-order valence-electron chi connectivity index (χ1n) is 15.9. The highest BCUT2D eigenvalue weighted by Gasteiger charge is 2.80. The zero-order valence-electron chi connectivity index (χ0n) is 26.3. The summed E-state index contributed by atoms with van der Waals surface area (Å²) in [6, 6.07) is 22.4. The van der Waals surface area contributed by atoms with Crippen molar-refractivity contribution in [2.75, 3.05) is 25.7 Å². The van der Waals surface area contributed by atoms with E-state index in [1.165, 1.54) is 0 Å². The van der Waals surface area contributed by atoms with Crippen molar-refractivity contribution in [3.05, 3.63) is 135 Å². The fraction of sp³-hybridized carbons (Fsp3) is 0.316. The van der Waals surface area contributed by atoms with Crippen LogP contribution in [0.4, 0.5) is 23.2 Å². The van der Waals surface area contributed by atoms with Gasteiger partial charge in [-0.05, 0) is 59.4 Å². The Morgan fingerprint density at radius 2 is 1.53 bits per heavy atom. The molecule has 3 aliphatic rings. The first-order valence-corrected chi connectivity index (χ1v) is 16.7. The molecule has 0 radical (unpaired) electrons. The fourth-order valence-corrected chi connectivity index (χ4v) is 9.39. The van der Waals surface area contributed by atoms with Gasteiger partial charge in [-0.3, -0.25) is 18.5 Å². The van der Waals surface area contributed by atoms with Crippen LogP contribution >= 0.6 is 23.2 Å². The molecule has 49 heavy (non-hydrogen) atoms. The third-order valence-corrected chi connectivity index (χ3v) is 11.4. The van der Waals surface area contributed by atoms with Crippen molar-refractivity contribution in [2.24, 2.45) is 5.41 Å². The van der Waals surface area contributed by atoms with Crippen molar-refractivity contribution in [3.8, 4) is 0 Å². The van der Waals surface area contributed by atoms with E-state index in [0.29, 0.717) is 33.7 Å². The molecule has 11 heteroatoms. The molecule has 5 nitrogen and oxygen atoms in total. The maximum absolute atomic E-state index is 16.4. The number of carbonyl (C=O) groups is 2. The summed E-state index contributed by atoms with van der Waals surface area (Å²) in [5.41, 5.74) is -3.25.